The number of anilines is 2. The van der Waals surface area contributed by atoms with Gasteiger partial charge in [0.2, 0.25) is 5.52 Å². The molecule has 3 aliphatic rings. The normalized spacial score (nSPS) is 19.3. The number of nitrogens with two attached hydrogens (primary N) is 1. The van der Waals surface area contributed by atoms with Gasteiger partial charge in [0.25, 0.3) is 11.8 Å². The number of β-lactam (4-membered cyclic amide) rings is 1. The number of carboxylic acid groups (broad SMARTS) is 1. The summed E-state index contributed by atoms with van der Waals surface area (Å²) in [6.07, 6.45) is 8.89. The molecule has 2 aromatic heterocycles. The van der Waals surface area contributed by atoms with E-state index in [-0.39, 0.29) is 40.4 Å². The highest BCUT2D eigenvalue weighted by Gasteiger charge is 2.54. The molecule has 3 aliphatic heterocycles. The average Bonchev–Trinajstić information content (AvgIpc) is 3.53. The Morgan fingerprint density at radius 1 is 1.39 bits per heavy atom. The molecule has 2 atom stereocenters. The third-order valence-corrected chi connectivity index (χ3v) is 11.2. The monoisotopic (exact) mass is 723 g/mol. The second-order valence-corrected chi connectivity index (χ2v) is 14.1. The van der Waals surface area contributed by atoms with Gasteiger partial charge < -0.3 is 31.2 Å². The predicted octanol–water partition coefficient (Wildman–Crippen LogP) is 1.79. The highest BCUT2D eigenvalue weighted by molar-refractivity contribution is 8.01. The van der Waals surface area contributed by atoms with Crippen LogP contribution in [0.4, 0.5) is 15.2 Å². The first-order chi connectivity index (χ1) is 23.7. The summed E-state index contributed by atoms with van der Waals surface area (Å²) in [4.78, 5) is 52.2. The number of rotatable bonds is 12. The zero-order valence-electron chi connectivity index (χ0n) is 26.1. The van der Waals surface area contributed by atoms with E-state index in [1.54, 1.807) is 6.08 Å². The number of thiazole rings is 1. The van der Waals surface area contributed by atoms with Gasteiger partial charge in [-0.1, -0.05) is 17.7 Å². The number of pyridine rings is 1. The van der Waals surface area contributed by atoms with Crippen molar-refractivity contribution in [2.45, 2.75) is 22.9 Å². The van der Waals surface area contributed by atoms with Crippen molar-refractivity contribution in [3.63, 3.8) is 0 Å². The number of carbonyl (C=O) groups excluding carboxylic acids is 2. The third-order valence-electron chi connectivity index (χ3n) is 8.05. The summed E-state index contributed by atoms with van der Waals surface area (Å²) in [6, 6.07) is 4.26. The van der Waals surface area contributed by atoms with Gasteiger partial charge in [-0.05, 0) is 17.7 Å². The van der Waals surface area contributed by atoms with Gasteiger partial charge in [-0.3, -0.25) is 14.5 Å². The average molecular weight is 724 g/mol. The van der Waals surface area contributed by atoms with Crippen LogP contribution in [0.25, 0.3) is 10.9 Å². The van der Waals surface area contributed by atoms with Gasteiger partial charge in [0.15, 0.2) is 30.2 Å². The Bertz CT molecular complexity index is 1940. The van der Waals surface area contributed by atoms with Crippen molar-refractivity contribution in [2.75, 3.05) is 54.9 Å². The molecule has 0 bridgehead atoms. The molecule has 0 spiro atoms. The number of carbonyl (C=O) groups is 3. The quantitative estimate of drug-likeness (QED) is 0.0315. The first kappa shape index (κ1) is 34.2. The summed E-state index contributed by atoms with van der Waals surface area (Å²) in [6.45, 7) is 7.12. The number of aliphatic carboxylic acids is 1. The molecular formula is C32H32FN8O5S3+. The second kappa shape index (κ2) is 14.9. The van der Waals surface area contributed by atoms with Crippen LogP contribution in [0.15, 0.2) is 63.8 Å². The minimum Gasteiger partial charge on any atom is -0.477 e. The van der Waals surface area contributed by atoms with E-state index >= 15 is 4.39 Å². The summed E-state index contributed by atoms with van der Waals surface area (Å²) in [5, 5.41) is 21.7. The van der Waals surface area contributed by atoms with Crippen LogP contribution in [-0.4, -0.2) is 94.2 Å². The molecule has 2 saturated heterocycles. The lowest BCUT2D eigenvalue weighted by Crippen LogP contribution is -2.71. The van der Waals surface area contributed by atoms with Crippen LogP contribution in [0.3, 0.4) is 0 Å². The molecule has 1 aromatic carbocycles. The minimum absolute atomic E-state index is 0.126. The maximum Gasteiger partial charge on any atom is 0.352 e. The number of hydrogen-bond donors (Lipinski definition) is 4. The van der Waals surface area contributed by atoms with Crippen LogP contribution in [0.5, 0.6) is 0 Å². The van der Waals surface area contributed by atoms with E-state index in [1.807, 2.05) is 27.8 Å². The van der Waals surface area contributed by atoms with Crippen molar-refractivity contribution in [2.24, 2.45) is 5.16 Å². The van der Waals surface area contributed by atoms with E-state index in [0.717, 1.165) is 34.8 Å². The highest BCUT2D eigenvalue weighted by atomic mass is 32.2. The molecule has 5 heterocycles. The number of hydrogen-bond acceptors (Lipinski definition) is 12. The number of nitrogens with one attached hydrogen (secondary N) is 2. The zero-order chi connectivity index (χ0) is 34.7. The number of allylic oxidation sites excluding steroid dienone is 1. The van der Waals surface area contributed by atoms with Gasteiger partial charge in [-0.15, -0.1) is 41.3 Å². The van der Waals surface area contributed by atoms with Crippen molar-refractivity contribution in [3.05, 3.63) is 65.2 Å². The van der Waals surface area contributed by atoms with Crippen molar-refractivity contribution >= 4 is 80.1 Å². The first-order valence-corrected chi connectivity index (χ1v) is 18.0. The summed E-state index contributed by atoms with van der Waals surface area (Å²) in [5.74, 6) is -0.122. The van der Waals surface area contributed by atoms with Crippen LogP contribution >= 0.6 is 34.9 Å². The van der Waals surface area contributed by atoms with Crippen LogP contribution in [0, 0.1) is 18.2 Å². The zero-order valence-corrected chi connectivity index (χ0v) is 28.5. The first-order valence-electron chi connectivity index (χ1n) is 15.1. The van der Waals surface area contributed by atoms with Gasteiger partial charge in [0, 0.05) is 60.1 Å². The van der Waals surface area contributed by atoms with Gasteiger partial charge in [-0.25, -0.2) is 14.2 Å². The molecule has 254 valence electrons. The number of piperazine rings is 1. The number of aromatic nitrogens is 2. The lowest BCUT2D eigenvalue weighted by atomic mass is 10.0. The molecular weight excluding hydrogens is 692 g/mol. The number of terminal acetylenes is 1. The molecule has 1 unspecified atom stereocenters. The topological polar surface area (TPSA) is 166 Å². The molecule has 0 saturated carbocycles. The Balaban J connectivity index is 1.22. The molecule has 6 rings (SSSR count). The smallest absolute Gasteiger partial charge is 0.352 e. The van der Waals surface area contributed by atoms with Gasteiger partial charge in [-0.2, -0.15) is 4.57 Å². The van der Waals surface area contributed by atoms with E-state index in [1.165, 1.54) is 39.9 Å². The Hall–Kier alpha value is -4.63. The number of benzene rings is 1. The van der Waals surface area contributed by atoms with Crippen LogP contribution in [0.1, 0.15) is 5.69 Å². The lowest BCUT2D eigenvalue weighted by Gasteiger charge is -2.49. The molecule has 3 aromatic rings. The standard InChI is InChI=1S/C32H31FN8O5S3/c1-3-8-39-9-5-24(19-13-20(33)23(14-22(19)39)40-10-6-35-7-11-40)47-15-18-16-48-30-26(29(43)41(30)27(18)31(44)45)37-28(42)25(38-46-12-4-2)21-17-49-32(34)36-21/h2-3,5,9,13-14,17,26,30,35H,1,6-8,10-12,15-16H2,(H3-,34,36,37,42,44,45)/p+1/t26?,30-/m0/s1. The van der Waals surface area contributed by atoms with Crippen LogP contribution in [-0.2, 0) is 25.8 Å². The van der Waals surface area contributed by atoms with Gasteiger partial charge in [0.1, 0.15) is 28.6 Å². The fourth-order valence-electron chi connectivity index (χ4n) is 5.79. The maximum atomic E-state index is 15.6. The predicted molar refractivity (Wildman–Crippen MR) is 188 cm³/mol. The Labute approximate surface area is 293 Å². The Morgan fingerprint density at radius 3 is 2.88 bits per heavy atom. The third kappa shape index (κ3) is 6.95. The van der Waals surface area contributed by atoms with E-state index in [4.69, 9.17) is 17.0 Å². The molecule has 13 nitrogen and oxygen atoms in total. The number of oxime groups is 1. The summed E-state index contributed by atoms with van der Waals surface area (Å²) < 4.78 is 17.6. The molecule has 2 fully saturated rings. The number of halogens is 1. The largest absolute Gasteiger partial charge is 0.477 e. The Morgan fingerprint density at radius 2 is 2.18 bits per heavy atom. The highest BCUT2D eigenvalue weighted by Crippen LogP contribution is 2.42. The van der Waals surface area contributed by atoms with Crippen molar-refractivity contribution in [3.8, 4) is 12.3 Å². The van der Waals surface area contributed by atoms with E-state index in [2.05, 4.69) is 33.3 Å². The van der Waals surface area contributed by atoms with E-state index in [9.17, 15) is 19.5 Å². The van der Waals surface area contributed by atoms with E-state index < -0.39 is 29.2 Å². The lowest BCUT2D eigenvalue weighted by molar-refractivity contribution is -0.661. The van der Waals surface area contributed by atoms with Crippen molar-refractivity contribution in [1.82, 2.24) is 20.5 Å². The fourth-order valence-corrected chi connectivity index (χ4v) is 8.86. The van der Waals surface area contributed by atoms with Crippen LogP contribution in [0.2, 0.25) is 0 Å². The molecule has 17 heteroatoms. The van der Waals surface area contributed by atoms with Crippen molar-refractivity contribution < 1.29 is 33.3 Å². The number of fused-ring (bicyclic) bond motifs is 2. The number of nitrogens with zero attached hydrogens (tertiary/aromatic N) is 5. The van der Waals surface area contributed by atoms with Crippen LogP contribution < -0.4 is 25.8 Å². The number of nitrogen functional groups attached to an aromatic ring is 1. The van der Waals surface area contributed by atoms with Crippen molar-refractivity contribution in [1.29, 1.82) is 0 Å². The SMILES string of the molecule is C#CCON=C(C(=O)NC1C(=O)N2C(C(=O)O)=C(CSc3cc[n+](CC=C)c4cc(N5CCNCC5)c(F)cc34)CS[C@@H]12)c1csc(N)n1. The maximum absolute atomic E-state index is 15.6. The second-order valence-electron chi connectivity index (χ2n) is 11.1. The minimum atomic E-state index is -1.25. The number of amides is 2. The molecule has 2 amide bonds. The number of thioether (sulfide) groups is 2. The molecule has 49 heavy (non-hydrogen) atoms. The summed E-state index contributed by atoms with van der Waals surface area (Å²) >= 11 is 3.81. The summed E-state index contributed by atoms with van der Waals surface area (Å²) in [7, 11) is 0. The molecule has 0 radical (unpaired) electrons. The molecule has 0 aliphatic carbocycles. The van der Waals surface area contributed by atoms with Gasteiger partial charge in [0.05, 0.1) is 11.1 Å². The molecule has 5 N–H and O–H groups in total. The van der Waals surface area contributed by atoms with Gasteiger partial charge >= 0.3 is 5.97 Å². The Kier molecular flexibility index (Phi) is 10.4. The fraction of sp³-hybridized carbons (Fsp3) is 0.312. The number of carboxylic acids is 1. The summed E-state index contributed by atoms with van der Waals surface area (Å²) in [5.41, 5.74) is 7.42. The van der Waals surface area contributed by atoms with E-state index in [0.29, 0.717) is 42.0 Å².